The van der Waals surface area contributed by atoms with Crippen molar-refractivity contribution in [2.24, 2.45) is 0 Å². The van der Waals surface area contributed by atoms with Gasteiger partial charge in [0.2, 0.25) is 0 Å². The molecule has 0 amide bonds. The van der Waals surface area contributed by atoms with Crippen molar-refractivity contribution in [3.63, 3.8) is 0 Å². The quantitative estimate of drug-likeness (QED) is 0.0345. The van der Waals surface area contributed by atoms with E-state index in [4.69, 9.17) is 14.2 Å². The van der Waals surface area contributed by atoms with Gasteiger partial charge >= 0.3 is 17.9 Å². The molecule has 0 unspecified atom stereocenters. The van der Waals surface area contributed by atoms with E-state index < -0.39 is 6.10 Å². The molecule has 0 aliphatic carbocycles. The van der Waals surface area contributed by atoms with E-state index in [0.717, 1.165) is 57.8 Å². The Morgan fingerprint density at radius 3 is 0.678 bits per heavy atom. The highest BCUT2D eigenvalue weighted by atomic mass is 16.6. The zero-order chi connectivity index (χ0) is 43.0. The number of hydrogen-bond acceptors (Lipinski definition) is 6. The van der Waals surface area contributed by atoms with Crippen LogP contribution >= 0.6 is 0 Å². The largest absolute Gasteiger partial charge is 0.462 e. The normalized spacial score (nSPS) is 11.8. The average molecular weight is 835 g/mol. The molecule has 6 nitrogen and oxygen atoms in total. The first-order valence-electron chi connectivity index (χ1n) is 26.5. The van der Waals surface area contributed by atoms with Crippen molar-refractivity contribution in [2.75, 3.05) is 13.2 Å². The molecular weight excluding hydrogens is 733 g/mol. The summed E-state index contributed by atoms with van der Waals surface area (Å²) in [5.41, 5.74) is 0. The number of ether oxygens (including phenoxy) is 3. The molecule has 0 saturated heterocycles. The fourth-order valence-electron chi connectivity index (χ4n) is 8.09. The molecule has 0 fully saturated rings. The minimum Gasteiger partial charge on any atom is -0.462 e. The van der Waals surface area contributed by atoms with Gasteiger partial charge in [-0.25, -0.2) is 0 Å². The topological polar surface area (TPSA) is 78.9 Å². The van der Waals surface area contributed by atoms with Gasteiger partial charge in [-0.1, -0.05) is 265 Å². The molecule has 0 N–H and O–H groups in total. The Hall–Kier alpha value is -1.59. The zero-order valence-electron chi connectivity index (χ0n) is 40.1. The lowest BCUT2D eigenvalue weighted by Crippen LogP contribution is -2.30. The summed E-state index contributed by atoms with van der Waals surface area (Å²) < 4.78 is 16.8. The van der Waals surface area contributed by atoms with Crippen LogP contribution in [-0.4, -0.2) is 37.2 Å². The summed E-state index contributed by atoms with van der Waals surface area (Å²) in [5, 5.41) is 0. The number of unbranched alkanes of at least 4 members (excludes halogenated alkanes) is 38. The third-order valence-corrected chi connectivity index (χ3v) is 12.1. The lowest BCUT2D eigenvalue weighted by Gasteiger charge is -2.18. The van der Waals surface area contributed by atoms with Crippen LogP contribution in [-0.2, 0) is 28.6 Å². The molecule has 0 aromatic carbocycles. The van der Waals surface area contributed by atoms with Gasteiger partial charge < -0.3 is 14.2 Å². The van der Waals surface area contributed by atoms with E-state index in [0.29, 0.717) is 19.3 Å². The fourth-order valence-corrected chi connectivity index (χ4v) is 8.09. The second-order valence-corrected chi connectivity index (χ2v) is 18.2. The summed E-state index contributed by atoms with van der Waals surface area (Å²) in [6.07, 6.45) is 52.2. The number of carbonyl (C=O) groups excluding carboxylic acids is 3. The summed E-state index contributed by atoms with van der Waals surface area (Å²) in [5.74, 6) is -0.839. The summed E-state index contributed by atoms with van der Waals surface area (Å²) in [6, 6.07) is 0. The SMILES string of the molecule is CCCCCCCCCCCCCCCCCC(=O)OC[C@H](COC(=O)CCCCCCCCCCCCCC)OC(=O)CCCCCCCCCCCCCCCC. The van der Waals surface area contributed by atoms with E-state index in [9.17, 15) is 14.4 Å². The number of hydrogen-bond donors (Lipinski definition) is 0. The van der Waals surface area contributed by atoms with Crippen LogP contribution in [0.4, 0.5) is 0 Å². The maximum Gasteiger partial charge on any atom is 0.306 e. The Morgan fingerprint density at radius 1 is 0.271 bits per heavy atom. The maximum atomic E-state index is 12.8. The van der Waals surface area contributed by atoms with E-state index in [1.54, 1.807) is 0 Å². The van der Waals surface area contributed by atoms with Crippen LogP contribution in [0, 0.1) is 0 Å². The molecule has 0 aromatic heterocycles. The lowest BCUT2D eigenvalue weighted by molar-refractivity contribution is -0.167. The molecule has 0 saturated carbocycles. The van der Waals surface area contributed by atoms with Gasteiger partial charge in [-0.15, -0.1) is 0 Å². The van der Waals surface area contributed by atoms with Crippen molar-refractivity contribution in [1.29, 1.82) is 0 Å². The molecule has 1 atom stereocenters. The minimum absolute atomic E-state index is 0.0616. The van der Waals surface area contributed by atoms with Gasteiger partial charge in [0.05, 0.1) is 0 Å². The maximum absolute atomic E-state index is 12.8. The molecule has 0 aliphatic rings. The van der Waals surface area contributed by atoms with Gasteiger partial charge in [0.1, 0.15) is 13.2 Å². The van der Waals surface area contributed by atoms with Crippen molar-refractivity contribution >= 4 is 17.9 Å². The van der Waals surface area contributed by atoms with Crippen LogP contribution in [0.5, 0.6) is 0 Å². The molecule has 6 heteroatoms. The summed E-state index contributed by atoms with van der Waals surface area (Å²) in [6.45, 7) is 6.68. The van der Waals surface area contributed by atoms with Gasteiger partial charge in [-0.3, -0.25) is 14.4 Å². The second kappa shape index (κ2) is 49.1. The zero-order valence-corrected chi connectivity index (χ0v) is 40.1. The fraction of sp³-hybridized carbons (Fsp3) is 0.943. The Morgan fingerprint density at radius 2 is 0.458 bits per heavy atom. The standard InChI is InChI=1S/C53H102O6/c1-4-7-10-13-16-19-22-25-27-29-31-34-37-40-43-46-52(55)58-49-50(48-57-51(54)45-42-39-36-33-30-24-21-18-15-12-9-6-3)59-53(56)47-44-41-38-35-32-28-26-23-20-17-14-11-8-5-2/h50H,4-49H2,1-3H3/t50-/m0/s1. The average Bonchev–Trinajstić information content (AvgIpc) is 3.23. The molecule has 59 heavy (non-hydrogen) atoms. The predicted molar refractivity (Wildman–Crippen MR) is 252 cm³/mol. The molecule has 0 aromatic rings. The molecule has 0 aliphatic heterocycles. The molecule has 0 heterocycles. The summed E-state index contributed by atoms with van der Waals surface area (Å²) >= 11 is 0. The van der Waals surface area contributed by atoms with Crippen molar-refractivity contribution in [3.05, 3.63) is 0 Å². The van der Waals surface area contributed by atoms with Gasteiger partial charge in [0.25, 0.3) is 0 Å². The van der Waals surface area contributed by atoms with Crippen LogP contribution in [0.2, 0.25) is 0 Å². The van der Waals surface area contributed by atoms with Crippen molar-refractivity contribution in [1.82, 2.24) is 0 Å². The Labute approximate surface area is 368 Å². The summed E-state index contributed by atoms with van der Waals surface area (Å²) in [7, 11) is 0. The highest BCUT2D eigenvalue weighted by molar-refractivity contribution is 5.71. The third-order valence-electron chi connectivity index (χ3n) is 12.1. The van der Waals surface area contributed by atoms with Crippen LogP contribution in [0.25, 0.3) is 0 Å². The van der Waals surface area contributed by atoms with E-state index in [-0.39, 0.29) is 31.1 Å². The lowest BCUT2D eigenvalue weighted by atomic mass is 10.0. The van der Waals surface area contributed by atoms with E-state index in [1.807, 2.05) is 0 Å². The highest BCUT2D eigenvalue weighted by Crippen LogP contribution is 2.17. The Kier molecular flexibility index (Phi) is 47.7. The summed E-state index contributed by atoms with van der Waals surface area (Å²) in [4.78, 5) is 37.9. The molecule has 0 spiro atoms. The molecular formula is C53H102O6. The monoisotopic (exact) mass is 835 g/mol. The van der Waals surface area contributed by atoms with Crippen molar-refractivity contribution in [3.8, 4) is 0 Å². The van der Waals surface area contributed by atoms with Crippen LogP contribution in [0.15, 0.2) is 0 Å². The van der Waals surface area contributed by atoms with Gasteiger partial charge in [0, 0.05) is 19.3 Å². The first-order chi connectivity index (χ1) is 29.0. The molecule has 0 radical (unpaired) electrons. The Balaban J connectivity index is 4.30. The van der Waals surface area contributed by atoms with Gasteiger partial charge in [0.15, 0.2) is 6.10 Å². The molecule has 350 valence electrons. The highest BCUT2D eigenvalue weighted by Gasteiger charge is 2.19. The number of esters is 3. The van der Waals surface area contributed by atoms with Crippen LogP contribution < -0.4 is 0 Å². The Bertz CT molecular complexity index is 874. The van der Waals surface area contributed by atoms with Crippen LogP contribution in [0.1, 0.15) is 303 Å². The van der Waals surface area contributed by atoms with Crippen molar-refractivity contribution in [2.45, 2.75) is 309 Å². The van der Waals surface area contributed by atoms with E-state index in [1.165, 1.54) is 205 Å². The smallest absolute Gasteiger partial charge is 0.306 e. The third kappa shape index (κ3) is 47.3. The molecule has 0 bridgehead atoms. The predicted octanol–water partition coefficient (Wildman–Crippen LogP) is 17.2. The first kappa shape index (κ1) is 57.4. The van der Waals surface area contributed by atoms with E-state index in [2.05, 4.69) is 20.8 Å². The minimum atomic E-state index is -0.759. The van der Waals surface area contributed by atoms with Gasteiger partial charge in [-0.05, 0) is 19.3 Å². The number of rotatable bonds is 49. The van der Waals surface area contributed by atoms with Crippen LogP contribution in [0.3, 0.4) is 0 Å². The van der Waals surface area contributed by atoms with Gasteiger partial charge in [-0.2, -0.15) is 0 Å². The molecule has 0 rings (SSSR count). The number of carbonyl (C=O) groups is 3. The van der Waals surface area contributed by atoms with E-state index >= 15 is 0 Å². The van der Waals surface area contributed by atoms with Crippen molar-refractivity contribution < 1.29 is 28.6 Å². The second-order valence-electron chi connectivity index (χ2n) is 18.2. The first-order valence-corrected chi connectivity index (χ1v) is 26.5.